The topological polar surface area (TPSA) is 46.6 Å². The van der Waals surface area contributed by atoms with Gasteiger partial charge in [-0.15, -0.1) is 0 Å². The van der Waals surface area contributed by atoms with Gasteiger partial charge in [0.2, 0.25) is 0 Å². The van der Waals surface area contributed by atoms with Crippen molar-refractivity contribution in [1.29, 1.82) is 0 Å². The van der Waals surface area contributed by atoms with Gasteiger partial charge in [-0.05, 0) is 50.1 Å². The number of thiazole rings is 1. The Bertz CT molecular complexity index is 970. The van der Waals surface area contributed by atoms with Gasteiger partial charge in [0.25, 0.3) is 0 Å². The molecule has 0 spiro atoms. The molecule has 29 heavy (non-hydrogen) atoms. The van der Waals surface area contributed by atoms with E-state index < -0.39 is 0 Å². The second kappa shape index (κ2) is 8.01. The van der Waals surface area contributed by atoms with Crippen LogP contribution in [0.15, 0.2) is 42.5 Å². The van der Waals surface area contributed by atoms with Gasteiger partial charge in [-0.2, -0.15) is 0 Å². The van der Waals surface area contributed by atoms with Crippen LogP contribution in [0.3, 0.4) is 0 Å². The summed E-state index contributed by atoms with van der Waals surface area (Å²) in [6, 6.07) is 14.2. The maximum atomic E-state index is 6.32. The predicted molar refractivity (Wildman–Crippen MR) is 119 cm³/mol. The third-order valence-corrected chi connectivity index (χ3v) is 7.33. The van der Waals surface area contributed by atoms with E-state index in [1.54, 1.807) is 11.3 Å². The fourth-order valence-electron chi connectivity index (χ4n) is 4.42. The Hall–Kier alpha value is -2.02. The molecule has 0 saturated carbocycles. The lowest BCUT2D eigenvalue weighted by molar-refractivity contribution is 0.0418. The van der Waals surface area contributed by atoms with Crippen molar-refractivity contribution >= 4 is 38.3 Å². The van der Waals surface area contributed by atoms with E-state index >= 15 is 0 Å². The number of anilines is 1. The molecule has 3 heterocycles. The van der Waals surface area contributed by atoms with Gasteiger partial charge >= 0.3 is 0 Å². The maximum absolute atomic E-state index is 6.32. The first-order valence-corrected chi connectivity index (χ1v) is 11.3. The van der Waals surface area contributed by atoms with Crippen LogP contribution >= 0.6 is 22.9 Å². The molecule has 0 aliphatic carbocycles. The highest BCUT2D eigenvalue weighted by Gasteiger charge is 2.36. The average molecular weight is 430 g/mol. The summed E-state index contributed by atoms with van der Waals surface area (Å²) in [6.07, 6.45) is 2.14. The summed E-state index contributed by atoms with van der Waals surface area (Å²) in [5, 5.41) is 5.22. The van der Waals surface area contributed by atoms with Crippen LogP contribution in [-0.4, -0.2) is 43.9 Å². The van der Waals surface area contributed by atoms with Crippen LogP contribution in [0.4, 0.5) is 5.13 Å². The van der Waals surface area contributed by atoms with Crippen molar-refractivity contribution in [3.05, 3.63) is 47.5 Å². The molecule has 3 aromatic rings. The Labute approximate surface area is 179 Å². The number of para-hydroxylation sites is 2. The molecule has 1 fully saturated rings. The second-order valence-corrected chi connectivity index (χ2v) is 9.05. The fourth-order valence-corrected chi connectivity index (χ4v) is 5.65. The monoisotopic (exact) mass is 429 g/mol. The minimum Gasteiger partial charge on any atom is -0.486 e. The summed E-state index contributed by atoms with van der Waals surface area (Å²) >= 11 is 8.10. The number of piperidine rings is 1. The minimum absolute atomic E-state index is 0.0496. The zero-order valence-electron chi connectivity index (χ0n) is 16.3. The van der Waals surface area contributed by atoms with Crippen molar-refractivity contribution in [1.82, 2.24) is 10.3 Å². The van der Waals surface area contributed by atoms with Gasteiger partial charge in [-0.3, -0.25) is 0 Å². The van der Waals surface area contributed by atoms with Gasteiger partial charge in [0.05, 0.1) is 21.3 Å². The second-order valence-electron chi connectivity index (χ2n) is 7.64. The summed E-state index contributed by atoms with van der Waals surface area (Å²) < 4.78 is 13.5. The summed E-state index contributed by atoms with van der Waals surface area (Å²) in [5.41, 5.74) is 1.09. The molecule has 0 bridgehead atoms. The molecule has 1 saturated heterocycles. The lowest BCUT2D eigenvalue weighted by Gasteiger charge is -2.40. The van der Waals surface area contributed by atoms with Crippen molar-refractivity contribution < 1.29 is 9.47 Å². The largest absolute Gasteiger partial charge is 0.486 e. The van der Waals surface area contributed by atoms with Crippen LogP contribution in [0.1, 0.15) is 12.8 Å². The smallest absolute Gasteiger partial charge is 0.186 e. The normalized spacial score (nSPS) is 20.8. The standard InChI is InChI=1S/C22H24ClN3O2S/c1-24-20(18-13-27-17-7-4-5-15(23)21(17)28-18)14-9-11-26(12-10-14)22-25-16-6-2-3-8-19(16)29-22/h2-8,14,18,20,24H,9-13H2,1H3. The molecule has 2 aliphatic heterocycles. The van der Waals surface area contributed by atoms with E-state index in [4.69, 9.17) is 26.1 Å². The SMILES string of the molecule is CNC(C1CCN(c2nc3ccccc3s2)CC1)C1COc2cccc(Cl)c2O1. The molecule has 5 nitrogen and oxygen atoms in total. The fraction of sp³-hybridized carbons (Fsp3) is 0.409. The number of nitrogens with one attached hydrogen (secondary N) is 1. The number of hydrogen-bond donors (Lipinski definition) is 1. The van der Waals surface area contributed by atoms with Crippen molar-refractivity contribution in [3.63, 3.8) is 0 Å². The quantitative estimate of drug-likeness (QED) is 0.657. The molecule has 2 unspecified atom stereocenters. The first-order valence-electron chi connectivity index (χ1n) is 10.1. The van der Waals surface area contributed by atoms with Gasteiger partial charge in [-0.25, -0.2) is 4.98 Å². The molecule has 1 N–H and O–H groups in total. The lowest BCUT2D eigenvalue weighted by atomic mass is 9.86. The van der Waals surface area contributed by atoms with E-state index in [1.807, 2.05) is 31.3 Å². The number of nitrogens with zero attached hydrogens (tertiary/aromatic N) is 2. The highest BCUT2D eigenvalue weighted by molar-refractivity contribution is 7.22. The molecule has 5 rings (SSSR count). The van der Waals surface area contributed by atoms with Crippen LogP contribution in [0.25, 0.3) is 10.2 Å². The first-order chi connectivity index (χ1) is 14.2. The number of aromatic nitrogens is 1. The number of hydrogen-bond acceptors (Lipinski definition) is 6. The molecule has 0 amide bonds. The number of benzene rings is 2. The Kier molecular flexibility index (Phi) is 5.24. The van der Waals surface area contributed by atoms with Crippen LogP contribution in [-0.2, 0) is 0 Å². The van der Waals surface area contributed by atoms with E-state index in [9.17, 15) is 0 Å². The molecule has 2 atom stereocenters. The summed E-state index contributed by atoms with van der Waals surface area (Å²) in [5.74, 6) is 1.91. The van der Waals surface area contributed by atoms with E-state index in [-0.39, 0.29) is 12.1 Å². The van der Waals surface area contributed by atoms with E-state index in [0.29, 0.717) is 23.3 Å². The Morgan fingerprint density at radius 3 is 2.79 bits per heavy atom. The summed E-state index contributed by atoms with van der Waals surface area (Å²) in [7, 11) is 2.01. The zero-order chi connectivity index (χ0) is 19.8. The van der Waals surface area contributed by atoms with E-state index in [1.165, 1.54) is 4.70 Å². The third-order valence-electron chi connectivity index (χ3n) is 5.94. The van der Waals surface area contributed by atoms with Crippen molar-refractivity contribution in [3.8, 4) is 11.5 Å². The number of likely N-dealkylation sites (N-methyl/N-ethyl adjacent to an activating group) is 1. The Balaban J connectivity index is 1.26. The minimum atomic E-state index is -0.0496. The molecule has 2 aliphatic rings. The predicted octanol–water partition coefficient (Wildman–Crippen LogP) is 4.59. The van der Waals surface area contributed by atoms with Gasteiger partial charge < -0.3 is 19.7 Å². The lowest BCUT2D eigenvalue weighted by Crippen LogP contribution is -2.53. The van der Waals surface area contributed by atoms with Gasteiger partial charge in [0, 0.05) is 13.1 Å². The summed E-state index contributed by atoms with van der Waals surface area (Å²) in [6.45, 7) is 2.55. The van der Waals surface area contributed by atoms with Crippen LogP contribution in [0.2, 0.25) is 5.02 Å². The molecule has 0 radical (unpaired) electrons. The highest BCUT2D eigenvalue weighted by atomic mass is 35.5. The molecular formula is C22H24ClN3O2S. The zero-order valence-corrected chi connectivity index (χ0v) is 17.9. The molecule has 152 valence electrons. The van der Waals surface area contributed by atoms with Crippen molar-refractivity contribution in [2.24, 2.45) is 5.92 Å². The van der Waals surface area contributed by atoms with Crippen LogP contribution < -0.4 is 19.7 Å². The number of ether oxygens (including phenoxy) is 2. The highest BCUT2D eigenvalue weighted by Crippen LogP contribution is 2.40. The van der Waals surface area contributed by atoms with Gasteiger partial charge in [0.1, 0.15) is 12.7 Å². The third kappa shape index (κ3) is 3.65. The molecular weight excluding hydrogens is 406 g/mol. The van der Waals surface area contributed by atoms with Crippen LogP contribution in [0.5, 0.6) is 11.5 Å². The first kappa shape index (κ1) is 19.0. The average Bonchev–Trinajstić information content (AvgIpc) is 3.20. The molecule has 2 aromatic carbocycles. The van der Waals surface area contributed by atoms with Crippen molar-refractivity contribution in [2.75, 3.05) is 31.6 Å². The van der Waals surface area contributed by atoms with Crippen LogP contribution in [0, 0.1) is 5.92 Å². The maximum Gasteiger partial charge on any atom is 0.186 e. The van der Waals surface area contributed by atoms with Gasteiger partial charge in [0.15, 0.2) is 16.6 Å². The van der Waals surface area contributed by atoms with E-state index in [2.05, 4.69) is 28.4 Å². The number of halogens is 1. The van der Waals surface area contributed by atoms with E-state index in [0.717, 1.165) is 42.3 Å². The molecule has 1 aromatic heterocycles. The number of rotatable bonds is 4. The number of fused-ring (bicyclic) bond motifs is 2. The summed E-state index contributed by atoms with van der Waals surface area (Å²) in [4.78, 5) is 7.24. The Morgan fingerprint density at radius 2 is 2.00 bits per heavy atom. The van der Waals surface area contributed by atoms with Crippen molar-refractivity contribution in [2.45, 2.75) is 25.0 Å². The van der Waals surface area contributed by atoms with Gasteiger partial charge in [-0.1, -0.05) is 41.1 Å². The Morgan fingerprint density at radius 1 is 1.17 bits per heavy atom. The molecule has 7 heteroatoms.